The Morgan fingerprint density at radius 2 is 1.10 bits per heavy atom. The van der Waals surface area contributed by atoms with Crippen molar-refractivity contribution in [3.8, 4) is 0 Å². The number of halogens is 6. The van der Waals surface area contributed by atoms with E-state index in [4.69, 9.17) is 0 Å². The van der Waals surface area contributed by atoms with Gasteiger partial charge in [-0.2, -0.15) is 36.6 Å². The molecule has 4 nitrogen and oxygen atoms in total. The van der Waals surface area contributed by atoms with Gasteiger partial charge in [-0.05, 0) is 0 Å². The number of nitrogens with zero attached hydrogens (tertiary/aromatic N) is 2. The van der Waals surface area contributed by atoms with E-state index in [0.717, 1.165) is 0 Å². The van der Waals surface area contributed by atoms with E-state index in [1.807, 2.05) is 0 Å². The first kappa shape index (κ1) is 15.9. The molecule has 1 aliphatic heterocycles. The Balaban J connectivity index is 2.87. The highest BCUT2D eigenvalue weighted by Crippen LogP contribution is 2.73. The summed E-state index contributed by atoms with van der Waals surface area (Å²) in [6.07, 6.45) is -11.1. The van der Waals surface area contributed by atoms with E-state index >= 15 is 0 Å². The molecular weight excluding hydrogens is 306 g/mol. The zero-order valence-corrected chi connectivity index (χ0v) is 10.8. The van der Waals surface area contributed by atoms with Crippen LogP contribution in [0.2, 0.25) is 0 Å². The topological polar surface area (TPSA) is 58.9 Å². The Morgan fingerprint density at radius 1 is 0.810 bits per heavy atom. The number of alkyl halides is 6. The second-order valence-corrected chi connectivity index (χ2v) is 5.68. The number of carbonyl (C=O) groups excluding carboxylic acids is 2. The van der Waals surface area contributed by atoms with E-state index in [9.17, 15) is 35.9 Å². The van der Waals surface area contributed by atoms with E-state index < -0.39 is 40.7 Å². The third-order valence-corrected chi connectivity index (χ3v) is 4.78. The zero-order valence-electron chi connectivity index (χ0n) is 10.8. The molecule has 1 saturated carbocycles. The number of fused-ring (bicyclic) bond motifs is 2. The van der Waals surface area contributed by atoms with Crippen molar-refractivity contribution in [2.45, 2.75) is 37.3 Å². The summed E-state index contributed by atoms with van der Waals surface area (Å²) in [5.74, 6) is -4.52. The molecule has 10 heteroatoms. The number of carbonyl (C=O) groups is 2. The molecule has 0 aromatic carbocycles. The Bertz CT molecular complexity index is 482. The van der Waals surface area contributed by atoms with Crippen molar-refractivity contribution in [3.05, 3.63) is 0 Å². The fourth-order valence-electron chi connectivity index (χ4n) is 3.75. The van der Waals surface area contributed by atoms with Crippen molar-refractivity contribution in [1.82, 2.24) is 0 Å². The molecule has 0 aromatic heterocycles. The Labute approximate surface area is 114 Å². The van der Waals surface area contributed by atoms with Crippen LogP contribution in [0.3, 0.4) is 0 Å². The summed E-state index contributed by atoms with van der Waals surface area (Å²) in [7, 11) is 0. The van der Waals surface area contributed by atoms with Crippen LogP contribution in [0.5, 0.6) is 0 Å². The van der Waals surface area contributed by atoms with Gasteiger partial charge in [0.25, 0.3) is 0 Å². The molecule has 0 radical (unpaired) electrons. The molecule has 1 aliphatic carbocycles. The van der Waals surface area contributed by atoms with Crippen LogP contribution in [0.4, 0.5) is 26.3 Å². The number of azo groups is 1. The second-order valence-electron chi connectivity index (χ2n) is 5.68. The van der Waals surface area contributed by atoms with Crippen molar-refractivity contribution >= 4 is 12.6 Å². The highest BCUT2D eigenvalue weighted by molar-refractivity contribution is 5.73. The van der Waals surface area contributed by atoms with Gasteiger partial charge in [0.15, 0.2) is 11.1 Å². The van der Waals surface area contributed by atoms with Gasteiger partial charge in [0.05, 0.1) is 11.8 Å². The molecule has 2 rings (SSSR count). The molecule has 21 heavy (non-hydrogen) atoms. The Morgan fingerprint density at radius 3 is 1.29 bits per heavy atom. The van der Waals surface area contributed by atoms with Crippen LogP contribution in [-0.4, -0.2) is 36.0 Å². The predicted molar refractivity (Wildman–Crippen MR) is 55.3 cm³/mol. The molecule has 0 unspecified atom stereocenters. The van der Waals surface area contributed by atoms with E-state index in [2.05, 4.69) is 10.2 Å². The van der Waals surface area contributed by atoms with Crippen molar-refractivity contribution < 1.29 is 35.9 Å². The van der Waals surface area contributed by atoms with Crippen LogP contribution in [0.1, 0.15) is 13.8 Å². The van der Waals surface area contributed by atoms with Gasteiger partial charge in [-0.15, -0.1) is 0 Å². The zero-order chi connectivity index (χ0) is 16.5. The van der Waals surface area contributed by atoms with Gasteiger partial charge < -0.3 is 9.59 Å². The number of rotatable bonds is 2. The maximum Gasteiger partial charge on any atom is 0.416 e. The second kappa shape index (κ2) is 3.83. The predicted octanol–water partition coefficient (Wildman–Crippen LogP) is 2.72. The lowest BCUT2D eigenvalue weighted by Crippen LogP contribution is -2.60. The maximum atomic E-state index is 13.4. The number of aldehydes is 2. The highest BCUT2D eigenvalue weighted by atomic mass is 19.4. The molecule has 2 bridgehead atoms. The minimum Gasteiger partial charge on any atom is -0.303 e. The average Bonchev–Trinajstić information content (AvgIpc) is 2.66. The SMILES string of the molecule is CC1(C)[C@@]2(C(F)(F)F)N=N[C@]1(C(F)(F)F)[C@H](C=O)[C@@H]2C=O. The monoisotopic (exact) mass is 316 g/mol. The largest absolute Gasteiger partial charge is 0.416 e. The minimum absolute atomic E-state index is 0.278. The molecule has 0 amide bonds. The normalized spacial score (nSPS) is 41.3. The quantitative estimate of drug-likeness (QED) is 0.581. The summed E-state index contributed by atoms with van der Waals surface area (Å²) in [4.78, 5) is 22.1. The molecule has 118 valence electrons. The summed E-state index contributed by atoms with van der Waals surface area (Å²) >= 11 is 0. The van der Waals surface area contributed by atoms with E-state index in [1.165, 1.54) is 0 Å². The van der Waals surface area contributed by atoms with Gasteiger partial charge >= 0.3 is 12.4 Å². The molecule has 2 aliphatic rings. The lowest BCUT2D eigenvalue weighted by Gasteiger charge is -2.40. The maximum absolute atomic E-state index is 13.4. The first-order valence-corrected chi connectivity index (χ1v) is 5.83. The van der Waals surface area contributed by atoms with Crippen LogP contribution in [0, 0.1) is 17.3 Å². The molecule has 0 spiro atoms. The molecular formula is C11H10F6N2O2. The van der Waals surface area contributed by atoms with Crippen molar-refractivity contribution in [2.75, 3.05) is 0 Å². The van der Waals surface area contributed by atoms with Crippen LogP contribution in [0.15, 0.2) is 10.2 Å². The van der Waals surface area contributed by atoms with Gasteiger partial charge in [-0.1, -0.05) is 13.8 Å². The third-order valence-electron chi connectivity index (χ3n) is 4.78. The van der Waals surface area contributed by atoms with Crippen molar-refractivity contribution in [3.63, 3.8) is 0 Å². The molecule has 1 fully saturated rings. The van der Waals surface area contributed by atoms with E-state index in [1.54, 1.807) is 0 Å². The smallest absolute Gasteiger partial charge is 0.303 e. The molecule has 1 heterocycles. The van der Waals surface area contributed by atoms with Crippen LogP contribution in [0.25, 0.3) is 0 Å². The summed E-state index contributed by atoms with van der Waals surface area (Å²) < 4.78 is 80.7. The first-order chi connectivity index (χ1) is 9.35. The van der Waals surface area contributed by atoms with Gasteiger partial charge in [0.1, 0.15) is 12.6 Å². The molecule has 4 atom stereocenters. The molecule has 0 N–H and O–H groups in total. The van der Waals surface area contributed by atoms with Crippen LogP contribution < -0.4 is 0 Å². The first-order valence-electron chi connectivity index (χ1n) is 5.83. The lowest BCUT2D eigenvalue weighted by atomic mass is 9.66. The lowest BCUT2D eigenvalue weighted by molar-refractivity contribution is -0.237. The minimum atomic E-state index is -5.25. The number of hydrogen-bond acceptors (Lipinski definition) is 4. The van der Waals surface area contributed by atoms with Gasteiger partial charge in [0, 0.05) is 5.41 Å². The molecule has 0 aromatic rings. The van der Waals surface area contributed by atoms with Gasteiger partial charge in [0.2, 0.25) is 0 Å². The van der Waals surface area contributed by atoms with Crippen LogP contribution >= 0.6 is 0 Å². The fraction of sp³-hybridized carbons (Fsp3) is 0.818. The fourth-order valence-corrected chi connectivity index (χ4v) is 3.75. The van der Waals surface area contributed by atoms with Crippen molar-refractivity contribution in [1.29, 1.82) is 0 Å². The summed E-state index contributed by atoms with van der Waals surface area (Å²) in [6.45, 7) is 1.38. The molecule has 0 saturated heterocycles. The van der Waals surface area contributed by atoms with Crippen molar-refractivity contribution in [2.24, 2.45) is 27.5 Å². The summed E-state index contributed by atoms with van der Waals surface area (Å²) in [5.41, 5.74) is -9.33. The standard InChI is InChI=1S/C11H10F6N2O2/c1-7(2)8(10(12,13)14)5(3-20)6(4-21)9(7,19-18-8)11(15,16)17/h3-6H,1-2H3/t5-,6+,8-,9+. The Kier molecular flexibility index (Phi) is 2.90. The van der Waals surface area contributed by atoms with E-state index in [0.29, 0.717) is 13.8 Å². The average molecular weight is 316 g/mol. The van der Waals surface area contributed by atoms with Gasteiger partial charge in [-0.25, -0.2) is 0 Å². The summed E-state index contributed by atoms with van der Waals surface area (Å²) in [6, 6.07) is 0. The number of hydrogen-bond donors (Lipinski definition) is 0. The highest BCUT2D eigenvalue weighted by Gasteiger charge is 2.90. The van der Waals surface area contributed by atoms with Gasteiger partial charge in [-0.3, -0.25) is 0 Å². The summed E-state index contributed by atoms with van der Waals surface area (Å²) in [5, 5.41) is 5.68. The third kappa shape index (κ3) is 1.34. The Hall–Kier alpha value is -1.48. The van der Waals surface area contributed by atoms with E-state index in [-0.39, 0.29) is 12.6 Å². The van der Waals surface area contributed by atoms with Crippen LogP contribution in [-0.2, 0) is 9.59 Å².